The number of nitrogens with one attached hydrogen (secondary N) is 2. The SMILES string of the molecule is CNCCc1cn(CC(=O)Nc2ccccc2)cn1. The summed E-state index contributed by atoms with van der Waals surface area (Å²) in [5.41, 5.74) is 1.80. The summed E-state index contributed by atoms with van der Waals surface area (Å²) in [4.78, 5) is 16.1. The predicted octanol–water partition coefficient (Wildman–Crippen LogP) is 1.28. The van der Waals surface area contributed by atoms with Gasteiger partial charge in [-0.05, 0) is 19.2 Å². The van der Waals surface area contributed by atoms with Crippen LogP contribution in [0.3, 0.4) is 0 Å². The number of benzene rings is 1. The minimum Gasteiger partial charge on any atom is -0.328 e. The van der Waals surface area contributed by atoms with E-state index in [4.69, 9.17) is 0 Å². The van der Waals surface area contributed by atoms with E-state index in [1.807, 2.05) is 43.6 Å². The Morgan fingerprint density at radius 3 is 2.84 bits per heavy atom. The minimum atomic E-state index is -0.0521. The molecule has 2 N–H and O–H groups in total. The van der Waals surface area contributed by atoms with Gasteiger partial charge in [0.05, 0.1) is 12.0 Å². The number of hydrogen-bond acceptors (Lipinski definition) is 3. The highest BCUT2D eigenvalue weighted by atomic mass is 16.1. The first-order valence-corrected chi connectivity index (χ1v) is 6.28. The van der Waals surface area contributed by atoms with Gasteiger partial charge in [0.1, 0.15) is 6.54 Å². The van der Waals surface area contributed by atoms with Crippen molar-refractivity contribution in [3.05, 3.63) is 48.5 Å². The summed E-state index contributed by atoms with van der Waals surface area (Å²) in [5, 5.41) is 5.91. The molecule has 1 aromatic carbocycles. The fourth-order valence-electron chi connectivity index (χ4n) is 1.76. The van der Waals surface area contributed by atoms with Crippen LogP contribution in [0.4, 0.5) is 5.69 Å². The van der Waals surface area contributed by atoms with E-state index in [-0.39, 0.29) is 12.5 Å². The zero-order valence-corrected chi connectivity index (χ0v) is 11.0. The van der Waals surface area contributed by atoms with Crippen molar-refractivity contribution in [2.75, 3.05) is 18.9 Å². The lowest BCUT2D eigenvalue weighted by molar-refractivity contribution is -0.116. The van der Waals surface area contributed by atoms with Crippen LogP contribution in [0.15, 0.2) is 42.9 Å². The normalized spacial score (nSPS) is 10.4. The van der Waals surface area contributed by atoms with Crippen LogP contribution in [0, 0.1) is 0 Å². The molecule has 19 heavy (non-hydrogen) atoms. The lowest BCUT2D eigenvalue weighted by atomic mass is 10.3. The Balaban J connectivity index is 1.86. The number of para-hydroxylation sites is 1. The summed E-state index contributed by atoms with van der Waals surface area (Å²) in [6.45, 7) is 1.16. The molecule has 1 amide bonds. The number of carbonyl (C=O) groups excluding carboxylic acids is 1. The highest BCUT2D eigenvalue weighted by molar-refractivity contribution is 5.90. The van der Waals surface area contributed by atoms with Crippen molar-refractivity contribution in [1.29, 1.82) is 0 Å². The molecular formula is C14H18N4O. The molecule has 5 nitrogen and oxygen atoms in total. The third-order valence-electron chi connectivity index (χ3n) is 2.70. The second kappa shape index (κ2) is 6.70. The van der Waals surface area contributed by atoms with E-state index in [1.54, 1.807) is 10.9 Å². The molecule has 0 radical (unpaired) electrons. The maximum absolute atomic E-state index is 11.8. The first kappa shape index (κ1) is 13.3. The van der Waals surface area contributed by atoms with Crippen LogP contribution in [-0.4, -0.2) is 29.1 Å². The first-order chi connectivity index (χ1) is 9.28. The Morgan fingerprint density at radius 2 is 2.11 bits per heavy atom. The van der Waals surface area contributed by atoms with Gasteiger partial charge in [-0.3, -0.25) is 4.79 Å². The van der Waals surface area contributed by atoms with E-state index < -0.39 is 0 Å². The van der Waals surface area contributed by atoms with E-state index in [9.17, 15) is 4.79 Å². The van der Waals surface area contributed by atoms with Gasteiger partial charge in [0, 0.05) is 24.8 Å². The molecule has 0 bridgehead atoms. The van der Waals surface area contributed by atoms with Gasteiger partial charge < -0.3 is 15.2 Å². The van der Waals surface area contributed by atoms with E-state index in [0.717, 1.165) is 24.3 Å². The summed E-state index contributed by atoms with van der Waals surface area (Å²) < 4.78 is 1.79. The van der Waals surface area contributed by atoms with Gasteiger partial charge in [-0.1, -0.05) is 18.2 Å². The van der Waals surface area contributed by atoms with Crippen LogP contribution in [-0.2, 0) is 17.8 Å². The Hall–Kier alpha value is -2.14. The number of likely N-dealkylation sites (N-methyl/N-ethyl adjacent to an activating group) is 1. The monoisotopic (exact) mass is 258 g/mol. The molecule has 0 aliphatic rings. The first-order valence-electron chi connectivity index (χ1n) is 6.28. The van der Waals surface area contributed by atoms with Gasteiger partial charge in [-0.15, -0.1) is 0 Å². The molecular weight excluding hydrogens is 240 g/mol. The van der Waals surface area contributed by atoms with Crippen molar-refractivity contribution < 1.29 is 4.79 Å². The van der Waals surface area contributed by atoms with E-state index in [2.05, 4.69) is 15.6 Å². The number of hydrogen-bond donors (Lipinski definition) is 2. The van der Waals surface area contributed by atoms with Crippen molar-refractivity contribution in [3.8, 4) is 0 Å². The largest absolute Gasteiger partial charge is 0.328 e. The van der Waals surface area contributed by atoms with Gasteiger partial charge in [0.2, 0.25) is 5.91 Å². The summed E-state index contributed by atoms with van der Waals surface area (Å²) in [6.07, 6.45) is 4.46. The molecule has 0 unspecified atom stereocenters. The van der Waals surface area contributed by atoms with Crippen LogP contribution in [0.2, 0.25) is 0 Å². The van der Waals surface area contributed by atoms with E-state index in [0.29, 0.717) is 0 Å². The number of aromatic nitrogens is 2. The fraction of sp³-hybridized carbons (Fsp3) is 0.286. The summed E-state index contributed by atoms with van der Waals surface area (Å²) >= 11 is 0. The molecule has 2 aromatic rings. The van der Waals surface area contributed by atoms with Gasteiger partial charge in [0.25, 0.3) is 0 Å². The fourth-order valence-corrected chi connectivity index (χ4v) is 1.76. The van der Waals surface area contributed by atoms with Crippen molar-refractivity contribution >= 4 is 11.6 Å². The van der Waals surface area contributed by atoms with Gasteiger partial charge in [0.15, 0.2) is 0 Å². The third kappa shape index (κ3) is 4.22. The van der Waals surface area contributed by atoms with Crippen LogP contribution in [0.1, 0.15) is 5.69 Å². The Labute approximate surface area is 112 Å². The Morgan fingerprint density at radius 1 is 1.32 bits per heavy atom. The average Bonchev–Trinajstić information content (AvgIpc) is 2.85. The lowest BCUT2D eigenvalue weighted by Crippen LogP contribution is -2.17. The molecule has 0 spiro atoms. The van der Waals surface area contributed by atoms with E-state index >= 15 is 0 Å². The third-order valence-corrected chi connectivity index (χ3v) is 2.70. The number of imidazole rings is 1. The molecule has 0 aliphatic carbocycles. The quantitative estimate of drug-likeness (QED) is 0.820. The van der Waals surface area contributed by atoms with Crippen LogP contribution in [0.5, 0.6) is 0 Å². The van der Waals surface area contributed by atoms with Crippen molar-refractivity contribution in [2.45, 2.75) is 13.0 Å². The number of nitrogens with zero attached hydrogens (tertiary/aromatic N) is 2. The molecule has 0 aliphatic heterocycles. The smallest absolute Gasteiger partial charge is 0.244 e. The summed E-state index contributed by atoms with van der Waals surface area (Å²) in [7, 11) is 1.91. The molecule has 100 valence electrons. The molecule has 0 fully saturated rings. The maximum Gasteiger partial charge on any atom is 0.244 e. The molecule has 2 rings (SSSR count). The molecule has 0 saturated carbocycles. The maximum atomic E-state index is 11.8. The van der Waals surface area contributed by atoms with Gasteiger partial charge in [-0.2, -0.15) is 0 Å². The van der Waals surface area contributed by atoms with Crippen molar-refractivity contribution in [1.82, 2.24) is 14.9 Å². The zero-order valence-electron chi connectivity index (χ0n) is 11.0. The molecule has 1 aromatic heterocycles. The standard InChI is InChI=1S/C14H18N4O/c1-15-8-7-13-9-18(11-16-13)10-14(19)17-12-5-3-2-4-6-12/h2-6,9,11,15H,7-8,10H2,1H3,(H,17,19). The number of amides is 1. The van der Waals surface area contributed by atoms with Crippen molar-refractivity contribution in [2.24, 2.45) is 0 Å². The van der Waals surface area contributed by atoms with Crippen LogP contribution < -0.4 is 10.6 Å². The molecule has 1 heterocycles. The van der Waals surface area contributed by atoms with Crippen molar-refractivity contribution in [3.63, 3.8) is 0 Å². The predicted molar refractivity (Wildman–Crippen MR) is 74.9 cm³/mol. The summed E-state index contributed by atoms with van der Waals surface area (Å²) in [5.74, 6) is -0.0521. The van der Waals surface area contributed by atoms with Gasteiger partial charge in [-0.25, -0.2) is 4.98 Å². The Bertz CT molecular complexity index is 521. The zero-order chi connectivity index (χ0) is 13.5. The van der Waals surface area contributed by atoms with Crippen LogP contribution >= 0.6 is 0 Å². The van der Waals surface area contributed by atoms with Crippen LogP contribution in [0.25, 0.3) is 0 Å². The lowest BCUT2D eigenvalue weighted by Gasteiger charge is -2.05. The van der Waals surface area contributed by atoms with E-state index in [1.165, 1.54) is 0 Å². The highest BCUT2D eigenvalue weighted by Crippen LogP contribution is 2.05. The number of anilines is 1. The average molecular weight is 258 g/mol. The van der Waals surface area contributed by atoms with Gasteiger partial charge >= 0.3 is 0 Å². The minimum absolute atomic E-state index is 0.0521. The second-order valence-corrected chi connectivity index (χ2v) is 4.31. The summed E-state index contributed by atoms with van der Waals surface area (Å²) in [6, 6.07) is 9.43. The number of rotatable bonds is 6. The second-order valence-electron chi connectivity index (χ2n) is 4.31. The molecule has 5 heteroatoms. The molecule has 0 atom stereocenters. The number of carbonyl (C=O) groups is 1. The molecule has 0 saturated heterocycles. The Kier molecular flexibility index (Phi) is 4.69. The highest BCUT2D eigenvalue weighted by Gasteiger charge is 2.04. The topological polar surface area (TPSA) is 59.0 Å².